The lowest BCUT2D eigenvalue weighted by Crippen LogP contribution is -1.99. The van der Waals surface area contributed by atoms with E-state index in [4.69, 9.17) is 9.84 Å². The second kappa shape index (κ2) is 5.61. The van der Waals surface area contributed by atoms with E-state index in [-0.39, 0.29) is 0 Å². The van der Waals surface area contributed by atoms with E-state index in [1.54, 1.807) is 7.11 Å². The topological polar surface area (TPSA) is 27.1 Å². The van der Waals surface area contributed by atoms with Crippen molar-refractivity contribution < 1.29 is 4.74 Å². The third-order valence-corrected chi connectivity index (χ3v) is 3.92. The van der Waals surface area contributed by atoms with Crippen LogP contribution in [0.4, 0.5) is 0 Å². The Labute approximate surface area is 134 Å². The van der Waals surface area contributed by atoms with Crippen molar-refractivity contribution in [2.45, 2.75) is 0 Å². The molecule has 3 aromatic carbocycles. The first-order chi connectivity index (χ1) is 11.4. The van der Waals surface area contributed by atoms with Crippen molar-refractivity contribution in [2.75, 3.05) is 7.11 Å². The summed E-state index contributed by atoms with van der Waals surface area (Å²) in [7, 11) is 1.68. The SMILES string of the molecule is COc1cccc(-n2nc3ccccc3c2-c2ccccc2)c1. The molecule has 0 atom stereocenters. The fourth-order valence-corrected chi connectivity index (χ4v) is 2.84. The summed E-state index contributed by atoms with van der Waals surface area (Å²) in [6.07, 6.45) is 0. The van der Waals surface area contributed by atoms with E-state index in [0.717, 1.165) is 33.6 Å². The maximum atomic E-state index is 5.35. The van der Waals surface area contributed by atoms with Gasteiger partial charge in [0, 0.05) is 17.0 Å². The van der Waals surface area contributed by atoms with Crippen molar-refractivity contribution >= 4 is 10.9 Å². The number of nitrogens with zero attached hydrogens (tertiary/aromatic N) is 2. The Bertz CT molecular complexity index is 958. The summed E-state index contributed by atoms with van der Waals surface area (Å²) in [4.78, 5) is 0. The highest BCUT2D eigenvalue weighted by Crippen LogP contribution is 2.31. The van der Waals surface area contributed by atoms with Gasteiger partial charge in [0.1, 0.15) is 5.75 Å². The van der Waals surface area contributed by atoms with Crippen LogP contribution < -0.4 is 4.74 Å². The molecule has 0 saturated heterocycles. The largest absolute Gasteiger partial charge is 0.497 e. The molecule has 0 unspecified atom stereocenters. The Morgan fingerprint density at radius 1 is 0.826 bits per heavy atom. The van der Waals surface area contributed by atoms with Crippen LogP contribution >= 0.6 is 0 Å². The average Bonchev–Trinajstić information content (AvgIpc) is 3.02. The quantitative estimate of drug-likeness (QED) is 0.548. The Hall–Kier alpha value is -3.07. The molecule has 4 rings (SSSR count). The number of hydrogen-bond acceptors (Lipinski definition) is 2. The first-order valence-electron chi connectivity index (χ1n) is 7.54. The Morgan fingerprint density at radius 3 is 2.43 bits per heavy atom. The third-order valence-electron chi connectivity index (χ3n) is 3.92. The van der Waals surface area contributed by atoms with Gasteiger partial charge in [-0.3, -0.25) is 0 Å². The van der Waals surface area contributed by atoms with Crippen LogP contribution in [0.15, 0.2) is 78.9 Å². The van der Waals surface area contributed by atoms with Gasteiger partial charge in [-0.1, -0.05) is 54.6 Å². The molecular formula is C20H16N2O. The van der Waals surface area contributed by atoms with Crippen molar-refractivity contribution in [1.82, 2.24) is 9.78 Å². The summed E-state index contributed by atoms with van der Waals surface area (Å²) in [5.74, 6) is 0.820. The lowest BCUT2D eigenvalue weighted by molar-refractivity contribution is 0.414. The average molecular weight is 300 g/mol. The molecule has 1 aromatic heterocycles. The number of methoxy groups -OCH3 is 1. The summed E-state index contributed by atoms with van der Waals surface area (Å²) >= 11 is 0. The fourth-order valence-electron chi connectivity index (χ4n) is 2.84. The van der Waals surface area contributed by atoms with E-state index in [1.807, 2.05) is 65.3 Å². The minimum Gasteiger partial charge on any atom is -0.497 e. The molecule has 0 fully saturated rings. The van der Waals surface area contributed by atoms with Gasteiger partial charge in [0.2, 0.25) is 0 Å². The van der Waals surface area contributed by atoms with Crippen molar-refractivity contribution in [2.24, 2.45) is 0 Å². The second-order valence-electron chi connectivity index (χ2n) is 5.35. The number of benzene rings is 3. The van der Waals surface area contributed by atoms with Crippen LogP contribution in [-0.4, -0.2) is 16.9 Å². The van der Waals surface area contributed by atoms with Gasteiger partial charge in [-0.25, -0.2) is 4.68 Å². The van der Waals surface area contributed by atoms with E-state index >= 15 is 0 Å². The summed E-state index contributed by atoms with van der Waals surface area (Å²) in [5.41, 5.74) is 4.20. The maximum absolute atomic E-state index is 5.35. The van der Waals surface area contributed by atoms with Crippen LogP contribution in [0, 0.1) is 0 Å². The van der Waals surface area contributed by atoms with Crippen molar-refractivity contribution in [3.63, 3.8) is 0 Å². The molecule has 0 radical (unpaired) electrons. The van der Waals surface area contributed by atoms with Crippen LogP contribution in [-0.2, 0) is 0 Å². The van der Waals surface area contributed by atoms with E-state index < -0.39 is 0 Å². The predicted octanol–water partition coefficient (Wildman–Crippen LogP) is 4.70. The van der Waals surface area contributed by atoms with Crippen molar-refractivity contribution in [3.8, 4) is 22.7 Å². The van der Waals surface area contributed by atoms with Gasteiger partial charge < -0.3 is 4.74 Å². The zero-order chi connectivity index (χ0) is 15.6. The summed E-state index contributed by atoms with van der Waals surface area (Å²) in [6.45, 7) is 0. The van der Waals surface area contributed by atoms with E-state index in [9.17, 15) is 0 Å². The molecule has 0 aliphatic rings. The lowest BCUT2D eigenvalue weighted by atomic mass is 10.1. The highest BCUT2D eigenvalue weighted by atomic mass is 16.5. The smallest absolute Gasteiger partial charge is 0.121 e. The maximum Gasteiger partial charge on any atom is 0.121 e. The number of fused-ring (bicyclic) bond motifs is 1. The van der Waals surface area contributed by atoms with E-state index in [1.165, 1.54) is 0 Å². The number of rotatable bonds is 3. The van der Waals surface area contributed by atoms with Gasteiger partial charge in [0.15, 0.2) is 0 Å². The van der Waals surface area contributed by atoms with Gasteiger partial charge >= 0.3 is 0 Å². The van der Waals surface area contributed by atoms with Crippen LogP contribution in [0.2, 0.25) is 0 Å². The van der Waals surface area contributed by atoms with E-state index in [0.29, 0.717) is 0 Å². The molecule has 1 heterocycles. The normalized spacial score (nSPS) is 10.8. The monoisotopic (exact) mass is 300 g/mol. The lowest BCUT2D eigenvalue weighted by Gasteiger charge is -2.09. The third kappa shape index (κ3) is 2.36. The molecule has 0 aliphatic carbocycles. The molecule has 4 aromatic rings. The van der Waals surface area contributed by atoms with Gasteiger partial charge in [0.05, 0.1) is 24.0 Å². The molecule has 112 valence electrons. The van der Waals surface area contributed by atoms with Crippen LogP contribution in [0.1, 0.15) is 0 Å². The number of aromatic nitrogens is 2. The summed E-state index contributed by atoms with van der Waals surface area (Å²) in [5, 5.41) is 5.94. The Morgan fingerprint density at radius 2 is 1.61 bits per heavy atom. The molecular weight excluding hydrogens is 284 g/mol. The molecule has 0 saturated carbocycles. The summed E-state index contributed by atoms with van der Waals surface area (Å²) in [6, 6.07) is 26.5. The van der Waals surface area contributed by atoms with Gasteiger partial charge in [0.25, 0.3) is 0 Å². The van der Waals surface area contributed by atoms with Crippen molar-refractivity contribution in [3.05, 3.63) is 78.9 Å². The van der Waals surface area contributed by atoms with Crippen LogP contribution in [0.25, 0.3) is 27.8 Å². The second-order valence-corrected chi connectivity index (χ2v) is 5.35. The molecule has 0 bridgehead atoms. The van der Waals surface area contributed by atoms with Gasteiger partial charge in [-0.2, -0.15) is 5.10 Å². The van der Waals surface area contributed by atoms with Gasteiger partial charge in [-0.05, 0) is 18.2 Å². The zero-order valence-corrected chi connectivity index (χ0v) is 12.8. The Balaban J connectivity index is 2.02. The van der Waals surface area contributed by atoms with Crippen LogP contribution in [0.5, 0.6) is 5.75 Å². The van der Waals surface area contributed by atoms with Crippen LogP contribution in [0.3, 0.4) is 0 Å². The first kappa shape index (κ1) is 13.6. The standard InChI is InChI=1S/C20H16N2O/c1-23-17-11-7-10-16(14-17)22-20(15-8-3-2-4-9-15)18-12-5-6-13-19(18)21-22/h2-14H,1H3. The molecule has 3 nitrogen and oxygen atoms in total. The zero-order valence-electron chi connectivity index (χ0n) is 12.8. The highest BCUT2D eigenvalue weighted by Gasteiger charge is 2.14. The molecule has 0 N–H and O–H groups in total. The molecule has 0 aliphatic heterocycles. The molecule has 0 amide bonds. The van der Waals surface area contributed by atoms with E-state index in [2.05, 4.69) is 18.2 Å². The molecule has 0 spiro atoms. The highest BCUT2D eigenvalue weighted by molar-refractivity contribution is 5.94. The van der Waals surface area contributed by atoms with Crippen molar-refractivity contribution in [1.29, 1.82) is 0 Å². The minimum absolute atomic E-state index is 0.820. The minimum atomic E-state index is 0.820. The molecule has 3 heteroatoms. The van der Waals surface area contributed by atoms with Gasteiger partial charge in [-0.15, -0.1) is 0 Å². The number of ether oxygens (including phenoxy) is 1. The number of hydrogen-bond donors (Lipinski definition) is 0. The Kier molecular flexibility index (Phi) is 3.31. The first-order valence-corrected chi connectivity index (χ1v) is 7.54. The predicted molar refractivity (Wildman–Crippen MR) is 93.1 cm³/mol. The molecule has 23 heavy (non-hydrogen) atoms. The summed E-state index contributed by atoms with van der Waals surface area (Å²) < 4.78 is 7.34. The fraction of sp³-hybridized carbons (Fsp3) is 0.0500.